The van der Waals surface area contributed by atoms with Crippen LogP contribution >= 0.6 is 0 Å². The topological polar surface area (TPSA) is 92.4 Å². The summed E-state index contributed by atoms with van der Waals surface area (Å²) in [5.41, 5.74) is 0.920. The highest BCUT2D eigenvalue weighted by atomic mass is 19.4. The number of hydrogen-bond acceptors (Lipinski definition) is 6. The van der Waals surface area contributed by atoms with Crippen molar-refractivity contribution in [3.63, 3.8) is 0 Å². The van der Waals surface area contributed by atoms with Gasteiger partial charge in [0.1, 0.15) is 5.82 Å². The van der Waals surface area contributed by atoms with Crippen LogP contribution in [0.5, 0.6) is 0 Å². The van der Waals surface area contributed by atoms with Crippen molar-refractivity contribution >= 4 is 17.5 Å². The Hall–Kier alpha value is -3.83. The summed E-state index contributed by atoms with van der Waals surface area (Å²) in [7, 11) is 1.62. The van der Waals surface area contributed by atoms with Gasteiger partial charge in [0, 0.05) is 37.5 Å². The molecule has 12 heteroatoms. The van der Waals surface area contributed by atoms with Crippen LogP contribution in [-0.2, 0) is 22.3 Å². The maximum Gasteiger partial charge on any atom is 0.471 e. The Morgan fingerprint density at radius 2 is 2.06 bits per heavy atom. The van der Waals surface area contributed by atoms with E-state index in [1.165, 1.54) is 46.3 Å². The van der Waals surface area contributed by atoms with Gasteiger partial charge in [0.05, 0.1) is 18.2 Å². The summed E-state index contributed by atoms with van der Waals surface area (Å²) in [6.07, 6.45) is -2.88. The lowest BCUT2D eigenvalue weighted by molar-refractivity contribution is -0.159. The molecule has 178 valence electrons. The highest BCUT2D eigenvalue weighted by Gasteiger charge is 2.38. The van der Waals surface area contributed by atoms with Gasteiger partial charge < -0.3 is 14.3 Å². The Balaban J connectivity index is 1.57. The highest BCUT2D eigenvalue weighted by molar-refractivity contribution is 5.96. The number of carbonyl (C=O) groups is 2. The normalized spacial score (nSPS) is 16.6. The fourth-order valence-electron chi connectivity index (χ4n) is 3.64. The number of carbonyl (C=O) groups excluding carboxylic acids is 2. The van der Waals surface area contributed by atoms with E-state index in [2.05, 4.69) is 19.6 Å². The number of piperidine rings is 1. The lowest BCUT2D eigenvalue weighted by atomic mass is 9.96. The second kappa shape index (κ2) is 9.20. The van der Waals surface area contributed by atoms with E-state index in [9.17, 15) is 27.2 Å². The summed E-state index contributed by atoms with van der Waals surface area (Å²) >= 11 is 0. The number of rotatable bonds is 5. The van der Waals surface area contributed by atoms with Gasteiger partial charge in [-0.2, -0.15) is 18.2 Å². The Morgan fingerprint density at radius 3 is 2.68 bits per heavy atom. The molecule has 0 saturated carbocycles. The van der Waals surface area contributed by atoms with Crippen molar-refractivity contribution in [3.05, 3.63) is 60.0 Å². The van der Waals surface area contributed by atoms with Crippen LogP contribution in [0.15, 0.2) is 47.1 Å². The minimum absolute atomic E-state index is 0.0171. The van der Waals surface area contributed by atoms with Crippen molar-refractivity contribution in [2.75, 3.05) is 18.5 Å². The molecular formula is C22H19F4N5O3. The molecule has 0 aliphatic carbocycles. The Kier molecular flexibility index (Phi) is 6.31. The number of alkyl halides is 3. The molecule has 0 spiro atoms. The molecule has 1 saturated heterocycles. The van der Waals surface area contributed by atoms with Gasteiger partial charge in [0.2, 0.25) is 17.6 Å². The van der Waals surface area contributed by atoms with Crippen LogP contribution < -0.4 is 4.90 Å². The minimum Gasteiger partial charge on any atom is -0.345 e. The summed E-state index contributed by atoms with van der Waals surface area (Å²) in [5.74, 6) is -3.07. The molecule has 3 heterocycles. The van der Waals surface area contributed by atoms with Crippen molar-refractivity contribution in [1.82, 2.24) is 20.0 Å². The Morgan fingerprint density at radius 1 is 1.26 bits per heavy atom. The summed E-state index contributed by atoms with van der Waals surface area (Å²) in [6, 6.07) is 8.51. The number of hydrogen-bond donors (Lipinski definition) is 0. The van der Waals surface area contributed by atoms with Crippen LogP contribution in [0.2, 0.25) is 0 Å². The molecule has 1 aromatic carbocycles. The molecular weight excluding hydrogens is 458 g/mol. The van der Waals surface area contributed by atoms with Gasteiger partial charge in [-0.1, -0.05) is 11.2 Å². The first-order valence-electron chi connectivity index (χ1n) is 10.3. The predicted molar refractivity (Wildman–Crippen MR) is 110 cm³/mol. The van der Waals surface area contributed by atoms with E-state index in [0.717, 1.165) is 0 Å². The molecule has 34 heavy (non-hydrogen) atoms. The molecule has 0 bridgehead atoms. The fourth-order valence-corrected chi connectivity index (χ4v) is 3.64. The summed E-state index contributed by atoms with van der Waals surface area (Å²) < 4.78 is 56.2. The Labute approximate surface area is 191 Å². The standard InChI is InChI=1S/C22H19F4N5O3/c1-30-11-14(6-8-18(30)32)20(33)31(17-4-2-3-15(23)9-17)12-16-7-5-13(10-27-16)19-28-21(34-29-19)22(24,25)26/h2-5,7,9-10,14H,6,8,11-12H2,1H3. The highest BCUT2D eigenvalue weighted by Crippen LogP contribution is 2.29. The molecule has 8 nitrogen and oxygen atoms in total. The summed E-state index contributed by atoms with van der Waals surface area (Å²) in [6.45, 7) is 0.228. The van der Waals surface area contributed by atoms with Crippen LogP contribution in [0, 0.1) is 11.7 Å². The first kappa shape index (κ1) is 23.3. The van der Waals surface area contributed by atoms with Gasteiger partial charge in [0.15, 0.2) is 0 Å². The van der Waals surface area contributed by atoms with Crippen LogP contribution in [0.1, 0.15) is 24.4 Å². The average molecular weight is 477 g/mol. The average Bonchev–Trinajstić information content (AvgIpc) is 3.30. The number of anilines is 1. The minimum atomic E-state index is -4.76. The van der Waals surface area contributed by atoms with Crippen LogP contribution in [0.3, 0.4) is 0 Å². The van der Waals surface area contributed by atoms with E-state index >= 15 is 0 Å². The number of aromatic nitrogens is 3. The van der Waals surface area contributed by atoms with Crippen molar-refractivity contribution in [2.45, 2.75) is 25.6 Å². The third-order valence-corrected chi connectivity index (χ3v) is 5.43. The number of halogens is 4. The SMILES string of the molecule is CN1CC(C(=O)N(Cc2ccc(-c3noc(C(F)(F)F)n3)cn2)c2cccc(F)c2)CCC1=O. The van der Waals surface area contributed by atoms with Crippen molar-refractivity contribution in [1.29, 1.82) is 0 Å². The van der Waals surface area contributed by atoms with Gasteiger partial charge >= 0.3 is 12.1 Å². The second-order valence-corrected chi connectivity index (χ2v) is 7.87. The van der Waals surface area contributed by atoms with Gasteiger partial charge in [-0.05, 0) is 36.8 Å². The van der Waals surface area contributed by atoms with Crippen molar-refractivity contribution in [3.8, 4) is 11.4 Å². The van der Waals surface area contributed by atoms with Gasteiger partial charge in [-0.3, -0.25) is 14.6 Å². The summed E-state index contributed by atoms with van der Waals surface area (Å²) in [4.78, 5) is 35.6. The first-order valence-corrected chi connectivity index (χ1v) is 10.3. The zero-order valence-corrected chi connectivity index (χ0v) is 17.9. The molecule has 1 aliphatic heterocycles. The number of pyridine rings is 1. The molecule has 0 radical (unpaired) electrons. The third kappa shape index (κ3) is 5.05. The smallest absolute Gasteiger partial charge is 0.345 e. The van der Waals surface area contributed by atoms with Crippen LogP contribution in [0.25, 0.3) is 11.4 Å². The Bertz CT molecular complexity index is 1200. The monoisotopic (exact) mass is 477 g/mol. The molecule has 2 amide bonds. The molecule has 1 atom stereocenters. The van der Waals surface area contributed by atoms with Crippen LogP contribution in [-0.4, -0.2) is 45.4 Å². The van der Waals surface area contributed by atoms with E-state index in [1.54, 1.807) is 13.1 Å². The molecule has 1 aliphatic rings. The lowest BCUT2D eigenvalue weighted by Crippen LogP contribution is -2.45. The quantitative estimate of drug-likeness (QED) is 0.521. The molecule has 3 aromatic rings. The molecule has 1 unspecified atom stereocenters. The molecule has 4 rings (SSSR count). The van der Waals surface area contributed by atoms with E-state index in [0.29, 0.717) is 17.8 Å². The maximum absolute atomic E-state index is 13.9. The van der Waals surface area contributed by atoms with Gasteiger partial charge in [-0.15, -0.1) is 0 Å². The third-order valence-electron chi connectivity index (χ3n) is 5.43. The molecule has 0 N–H and O–H groups in total. The number of nitrogens with zero attached hydrogens (tertiary/aromatic N) is 5. The van der Waals surface area contributed by atoms with E-state index in [4.69, 9.17) is 0 Å². The molecule has 1 fully saturated rings. The van der Waals surface area contributed by atoms with Gasteiger partial charge in [0.25, 0.3) is 0 Å². The van der Waals surface area contributed by atoms with E-state index in [1.807, 2.05) is 0 Å². The largest absolute Gasteiger partial charge is 0.471 e. The van der Waals surface area contributed by atoms with E-state index < -0.39 is 23.8 Å². The number of benzene rings is 1. The zero-order valence-electron chi connectivity index (χ0n) is 17.9. The predicted octanol–water partition coefficient (Wildman–Crippen LogP) is 3.69. The maximum atomic E-state index is 13.9. The number of amides is 2. The van der Waals surface area contributed by atoms with Crippen LogP contribution in [0.4, 0.5) is 23.2 Å². The van der Waals surface area contributed by atoms with Crippen molar-refractivity contribution < 1.29 is 31.7 Å². The first-order chi connectivity index (χ1) is 16.1. The van der Waals surface area contributed by atoms with Gasteiger partial charge in [-0.25, -0.2) is 4.39 Å². The second-order valence-electron chi connectivity index (χ2n) is 7.87. The number of likely N-dealkylation sites (tertiary alicyclic amines) is 1. The lowest BCUT2D eigenvalue weighted by Gasteiger charge is -2.33. The van der Waals surface area contributed by atoms with Crippen molar-refractivity contribution in [2.24, 2.45) is 5.92 Å². The van der Waals surface area contributed by atoms with E-state index in [-0.39, 0.29) is 42.7 Å². The zero-order chi connectivity index (χ0) is 24.5. The fraction of sp³-hybridized carbons (Fsp3) is 0.318. The summed E-state index contributed by atoms with van der Waals surface area (Å²) in [5, 5.41) is 3.32. The molecule has 2 aromatic heterocycles.